The Bertz CT molecular complexity index is 493. The number of aryl methyl sites for hydroxylation is 1. The summed E-state index contributed by atoms with van der Waals surface area (Å²) in [6, 6.07) is 8.41. The SMILES string of the molecule is CCN(Cc1csc(N)n1)c1ccccc1C. The molecule has 1 aromatic heterocycles. The van der Waals surface area contributed by atoms with Crippen LogP contribution < -0.4 is 10.6 Å². The molecule has 0 atom stereocenters. The maximum atomic E-state index is 5.65. The standard InChI is InChI=1S/C13H17N3S/c1-3-16(8-11-9-17-13(14)15-11)12-7-5-4-6-10(12)2/h4-7,9H,3,8H2,1-2H3,(H2,14,15). The molecule has 2 aromatic rings. The minimum atomic E-state index is 0.640. The molecule has 0 saturated carbocycles. The van der Waals surface area contributed by atoms with Gasteiger partial charge in [0.1, 0.15) is 0 Å². The highest BCUT2D eigenvalue weighted by Crippen LogP contribution is 2.22. The average Bonchev–Trinajstić information content (AvgIpc) is 2.73. The first-order valence-corrected chi connectivity index (χ1v) is 6.59. The molecule has 0 unspecified atom stereocenters. The molecule has 0 aliphatic heterocycles. The van der Waals surface area contributed by atoms with Crippen LogP contribution in [-0.2, 0) is 6.54 Å². The van der Waals surface area contributed by atoms with Crippen molar-refractivity contribution in [1.82, 2.24) is 4.98 Å². The number of aromatic nitrogens is 1. The van der Waals surface area contributed by atoms with Crippen molar-refractivity contribution >= 4 is 22.2 Å². The van der Waals surface area contributed by atoms with Gasteiger partial charge in [0.25, 0.3) is 0 Å². The highest BCUT2D eigenvalue weighted by molar-refractivity contribution is 7.13. The zero-order chi connectivity index (χ0) is 12.3. The smallest absolute Gasteiger partial charge is 0.180 e. The van der Waals surface area contributed by atoms with Crippen molar-refractivity contribution in [3.05, 3.63) is 40.9 Å². The van der Waals surface area contributed by atoms with Crippen LogP contribution >= 0.6 is 11.3 Å². The molecule has 90 valence electrons. The summed E-state index contributed by atoms with van der Waals surface area (Å²) in [6.07, 6.45) is 0. The second-order valence-corrected chi connectivity index (χ2v) is 4.87. The molecule has 4 heteroatoms. The van der Waals surface area contributed by atoms with Gasteiger partial charge in [-0.2, -0.15) is 0 Å². The average molecular weight is 247 g/mol. The van der Waals surface area contributed by atoms with Crippen molar-refractivity contribution in [3.8, 4) is 0 Å². The van der Waals surface area contributed by atoms with Crippen LogP contribution in [0.1, 0.15) is 18.2 Å². The molecule has 17 heavy (non-hydrogen) atoms. The number of thiazole rings is 1. The van der Waals surface area contributed by atoms with Crippen molar-refractivity contribution < 1.29 is 0 Å². The molecule has 0 amide bonds. The van der Waals surface area contributed by atoms with Crippen LogP contribution in [0.4, 0.5) is 10.8 Å². The van der Waals surface area contributed by atoms with Crippen molar-refractivity contribution in [2.75, 3.05) is 17.2 Å². The number of para-hydroxylation sites is 1. The maximum absolute atomic E-state index is 5.65. The number of rotatable bonds is 4. The van der Waals surface area contributed by atoms with Gasteiger partial charge in [-0.05, 0) is 25.5 Å². The number of nitrogen functional groups attached to an aromatic ring is 1. The Kier molecular flexibility index (Phi) is 3.64. The number of hydrogen-bond acceptors (Lipinski definition) is 4. The first kappa shape index (κ1) is 11.9. The van der Waals surface area contributed by atoms with Gasteiger partial charge in [0.05, 0.1) is 12.2 Å². The summed E-state index contributed by atoms with van der Waals surface area (Å²) in [6.45, 7) is 6.06. The highest BCUT2D eigenvalue weighted by atomic mass is 32.1. The Labute approximate surface area is 106 Å². The van der Waals surface area contributed by atoms with Gasteiger partial charge in [0.2, 0.25) is 0 Å². The molecule has 1 heterocycles. The topological polar surface area (TPSA) is 42.1 Å². The number of nitrogens with zero attached hydrogens (tertiary/aromatic N) is 2. The molecule has 3 nitrogen and oxygen atoms in total. The molecule has 0 saturated heterocycles. The van der Waals surface area contributed by atoms with E-state index in [2.05, 4.69) is 48.0 Å². The van der Waals surface area contributed by atoms with Crippen LogP contribution in [0.2, 0.25) is 0 Å². The second-order valence-electron chi connectivity index (χ2n) is 3.98. The zero-order valence-corrected chi connectivity index (χ0v) is 11.0. The van der Waals surface area contributed by atoms with E-state index in [0.717, 1.165) is 18.8 Å². The molecule has 0 fully saturated rings. The van der Waals surface area contributed by atoms with Gasteiger partial charge in [-0.3, -0.25) is 0 Å². The molecular weight excluding hydrogens is 230 g/mol. The van der Waals surface area contributed by atoms with Crippen molar-refractivity contribution in [2.45, 2.75) is 20.4 Å². The molecule has 0 aliphatic rings. The van der Waals surface area contributed by atoms with Crippen molar-refractivity contribution in [3.63, 3.8) is 0 Å². The Hall–Kier alpha value is -1.55. The molecule has 2 rings (SSSR count). The predicted molar refractivity (Wildman–Crippen MR) is 74.4 cm³/mol. The molecule has 0 spiro atoms. The fourth-order valence-corrected chi connectivity index (χ4v) is 2.43. The van der Waals surface area contributed by atoms with E-state index >= 15 is 0 Å². The van der Waals surface area contributed by atoms with Crippen LogP contribution in [0.25, 0.3) is 0 Å². The fraction of sp³-hybridized carbons (Fsp3) is 0.308. The summed E-state index contributed by atoms with van der Waals surface area (Å²) >= 11 is 1.50. The lowest BCUT2D eigenvalue weighted by Crippen LogP contribution is -2.22. The third-order valence-electron chi connectivity index (χ3n) is 2.76. The minimum Gasteiger partial charge on any atom is -0.375 e. The molecule has 2 N–H and O–H groups in total. The van der Waals surface area contributed by atoms with E-state index in [4.69, 9.17) is 5.73 Å². The maximum Gasteiger partial charge on any atom is 0.180 e. The van der Waals surface area contributed by atoms with Crippen LogP contribution in [0.3, 0.4) is 0 Å². The lowest BCUT2D eigenvalue weighted by atomic mass is 10.2. The monoisotopic (exact) mass is 247 g/mol. The number of hydrogen-bond donors (Lipinski definition) is 1. The van der Waals surface area contributed by atoms with E-state index in [-0.39, 0.29) is 0 Å². The van der Waals surface area contributed by atoms with Gasteiger partial charge < -0.3 is 10.6 Å². The van der Waals surface area contributed by atoms with E-state index in [1.54, 1.807) is 0 Å². The Balaban J connectivity index is 2.20. The van der Waals surface area contributed by atoms with Crippen LogP contribution in [-0.4, -0.2) is 11.5 Å². The molecule has 0 aliphatic carbocycles. The van der Waals surface area contributed by atoms with Crippen LogP contribution in [0.15, 0.2) is 29.6 Å². The summed E-state index contributed by atoms with van der Waals surface area (Å²) in [5, 5.41) is 2.66. The summed E-state index contributed by atoms with van der Waals surface area (Å²) in [5.74, 6) is 0. The first-order valence-electron chi connectivity index (χ1n) is 5.71. The second kappa shape index (κ2) is 5.19. The van der Waals surface area contributed by atoms with E-state index in [1.807, 2.05) is 5.38 Å². The number of anilines is 2. The summed E-state index contributed by atoms with van der Waals surface area (Å²) in [7, 11) is 0. The minimum absolute atomic E-state index is 0.640. The number of nitrogens with two attached hydrogens (primary N) is 1. The Morgan fingerprint density at radius 1 is 1.35 bits per heavy atom. The van der Waals surface area contributed by atoms with Gasteiger partial charge in [-0.25, -0.2) is 4.98 Å². The number of benzene rings is 1. The largest absolute Gasteiger partial charge is 0.375 e. The highest BCUT2D eigenvalue weighted by Gasteiger charge is 2.09. The lowest BCUT2D eigenvalue weighted by Gasteiger charge is -2.23. The first-order chi connectivity index (χ1) is 8.20. The predicted octanol–water partition coefficient (Wildman–Crippen LogP) is 3.06. The third-order valence-corrected chi connectivity index (χ3v) is 3.48. The van der Waals surface area contributed by atoms with E-state index in [9.17, 15) is 0 Å². The Morgan fingerprint density at radius 2 is 2.12 bits per heavy atom. The quantitative estimate of drug-likeness (QED) is 0.903. The van der Waals surface area contributed by atoms with E-state index < -0.39 is 0 Å². The summed E-state index contributed by atoms with van der Waals surface area (Å²) in [5.41, 5.74) is 9.25. The van der Waals surface area contributed by atoms with Crippen molar-refractivity contribution in [2.24, 2.45) is 0 Å². The summed E-state index contributed by atoms with van der Waals surface area (Å²) in [4.78, 5) is 6.62. The third kappa shape index (κ3) is 2.77. The Morgan fingerprint density at radius 3 is 2.71 bits per heavy atom. The van der Waals surface area contributed by atoms with E-state index in [0.29, 0.717) is 5.13 Å². The van der Waals surface area contributed by atoms with Crippen LogP contribution in [0, 0.1) is 6.92 Å². The zero-order valence-electron chi connectivity index (χ0n) is 10.2. The molecule has 1 aromatic carbocycles. The molecule has 0 bridgehead atoms. The van der Waals surface area contributed by atoms with E-state index in [1.165, 1.54) is 22.6 Å². The van der Waals surface area contributed by atoms with Crippen LogP contribution in [0.5, 0.6) is 0 Å². The molecular formula is C13H17N3S. The molecule has 0 radical (unpaired) electrons. The van der Waals surface area contributed by atoms with Gasteiger partial charge >= 0.3 is 0 Å². The van der Waals surface area contributed by atoms with Gasteiger partial charge in [0.15, 0.2) is 5.13 Å². The van der Waals surface area contributed by atoms with Crippen molar-refractivity contribution in [1.29, 1.82) is 0 Å². The van der Waals surface area contributed by atoms with Gasteiger partial charge in [0, 0.05) is 17.6 Å². The lowest BCUT2D eigenvalue weighted by molar-refractivity contribution is 0.812. The van der Waals surface area contributed by atoms with Gasteiger partial charge in [-0.15, -0.1) is 11.3 Å². The fourth-order valence-electron chi connectivity index (χ4n) is 1.88. The summed E-state index contributed by atoms with van der Waals surface area (Å²) < 4.78 is 0. The van der Waals surface area contributed by atoms with Gasteiger partial charge in [-0.1, -0.05) is 18.2 Å². The normalized spacial score (nSPS) is 10.5.